The summed E-state index contributed by atoms with van der Waals surface area (Å²) >= 11 is 0. The highest BCUT2D eigenvalue weighted by atomic mass is 16.5. The third-order valence-corrected chi connectivity index (χ3v) is 4.20. The summed E-state index contributed by atoms with van der Waals surface area (Å²) in [7, 11) is 2.01. The molecule has 0 unspecified atom stereocenters. The normalized spacial score (nSPS) is 10.7. The second kappa shape index (κ2) is 7.34. The number of nitrogens with one attached hydrogen (secondary N) is 1. The van der Waals surface area contributed by atoms with Gasteiger partial charge in [0.2, 0.25) is 5.52 Å². The van der Waals surface area contributed by atoms with Crippen LogP contribution in [-0.4, -0.2) is 19.6 Å². The number of H-pyrrole nitrogens is 1. The first-order chi connectivity index (χ1) is 12.1. The second-order valence-corrected chi connectivity index (χ2v) is 6.16. The van der Waals surface area contributed by atoms with Gasteiger partial charge in [0.15, 0.2) is 6.20 Å². The van der Waals surface area contributed by atoms with Gasteiger partial charge in [0.05, 0.1) is 17.7 Å². The molecule has 3 rings (SSSR count). The minimum absolute atomic E-state index is 0.308. The van der Waals surface area contributed by atoms with Crippen molar-refractivity contribution >= 4 is 22.6 Å². The van der Waals surface area contributed by atoms with E-state index in [0.717, 1.165) is 22.2 Å². The van der Waals surface area contributed by atoms with Gasteiger partial charge in [-0.3, -0.25) is 0 Å². The fourth-order valence-corrected chi connectivity index (χ4v) is 3.06. The summed E-state index contributed by atoms with van der Waals surface area (Å²) in [5, 5.41) is 1.02. The lowest BCUT2D eigenvalue weighted by Gasteiger charge is -2.22. The van der Waals surface area contributed by atoms with Crippen LogP contribution >= 0.6 is 0 Å². The van der Waals surface area contributed by atoms with Gasteiger partial charge in [0.1, 0.15) is 5.56 Å². The van der Waals surface area contributed by atoms with Gasteiger partial charge in [-0.25, -0.2) is 9.78 Å². The summed E-state index contributed by atoms with van der Waals surface area (Å²) in [5.41, 5.74) is 4.77. The maximum Gasteiger partial charge on any atom is 0.346 e. The van der Waals surface area contributed by atoms with E-state index in [9.17, 15) is 4.79 Å². The molecule has 2 aromatic carbocycles. The number of carbonyl (C=O) groups excluding carboxylic acids is 1. The molecule has 0 saturated carbocycles. The third kappa shape index (κ3) is 3.63. The van der Waals surface area contributed by atoms with E-state index in [2.05, 4.69) is 41.1 Å². The van der Waals surface area contributed by atoms with Crippen molar-refractivity contribution in [2.45, 2.75) is 20.4 Å². The molecule has 0 aliphatic rings. The van der Waals surface area contributed by atoms with Crippen LogP contribution < -0.4 is 9.88 Å². The summed E-state index contributed by atoms with van der Waals surface area (Å²) < 4.78 is 5.26. The number of aromatic amines is 1. The molecule has 0 spiro atoms. The van der Waals surface area contributed by atoms with E-state index >= 15 is 0 Å². The predicted molar refractivity (Wildman–Crippen MR) is 99.7 cm³/mol. The van der Waals surface area contributed by atoms with E-state index in [4.69, 9.17) is 4.74 Å². The number of anilines is 1. The number of hydrogen-bond donors (Lipinski definition) is 0. The van der Waals surface area contributed by atoms with Gasteiger partial charge in [-0.05, 0) is 31.0 Å². The van der Waals surface area contributed by atoms with E-state index in [-0.39, 0.29) is 5.97 Å². The molecule has 0 aliphatic heterocycles. The van der Waals surface area contributed by atoms with Gasteiger partial charge in [0.25, 0.3) is 0 Å². The Hall–Kier alpha value is -2.88. The van der Waals surface area contributed by atoms with Crippen LogP contribution in [0, 0.1) is 6.92 Å². The van der Waals surface area contributed by atoms with Gasteiger partial charge in [0, 0.05) is 19.7 Å². The van der Waals surface area contributed by atoms with Crippen LogP contribution in [0.3, 0.4) is 0 Å². The first-order valence-electron chi connectivity index (χ1n) is 8.47. The summed E-state index contributed by atoms with van der Waals surface area (Å²) in [5.74, 6) is -0.308. The highest BCUT2D eigenvalue weighted by molar-refractivity contribution is 6.04. The first kappa shape index (κ1) is 17.0. The molecule has 0 bridgehead atoms. The number of aryl methyl sites for hydroxylation is 1. The number of esters is 1. The van der Waals surface area contributed by atoms with Crippen LogP contribution in [0.4, 0.5) is 5.69 Å². The summed E-state index contributed by atoms with van der Waals surface area (Å²) in [6, 6.07) is 16.4. The second-order valence-electron chi connectivity index (χ2n) is 6.16. The van der Waals surface area contributed by atoms with E-state index < -0.39 is 0 Å². The van der Waals surface area contributed by atoms with Crippen molar-refractivity contribution in [1.29, 1.82) is 0 Å². The van der Waals surface area contributed by atoms with Crippen molar-refractivity contribution < 1.29 is 14.5 Å². The van der Waals surface area contributed by atoms with Crippen molar-refractivity contribution in [2.75, 3.05) is 18.6 Å². The minimum atomic E-state index is -0.308. The number of rotatable bonds is 5. The van der Waals surface area contributed by atoms with Crippen molar-refractivity contribution in [1.82, 2.24) is 0 Å². The van der Waals surface area contributed by atoms with Gasteiger partial charge in [-0.1, -0.05) is 36.4 Å². The van der Waals surface area contributed by atoms with Crippen LogP contribution in [-0.2, 0) is 11.3 Å². The standard InChI is InChI=1S/C21H22N2O2/c1-4-25-21(24)18-13-22-19-11-10-15(2)12-17(19)20(18)23(3)14-16-8-6-5-7-9-16/h5-13H,4,14H2,1-3H3/p+1. The monoisotopic (exact) mass is 335 g/mol. The summed E-state index contributed by atoms with van der Waals surface area (Å²) in [4.78, 5) is 17.8. The molecule has 0 aliphatic carbocycles. The molecule has 1 N–H and O–H groups in total. The minimum Gasteiger partial charge on any atom is -0.462 e. The number of hydrogen-bond acceptors (Lipinski definition) is 3. The van der Waals surface area contributed by atoms with Crippen LogP contribution in [0.1, 0.15) is 28.4 Å². The zero-order valence-electron chi connectivity index (χ0n) is 14.9. The number of pyridine rings is 1. The van der Waals surface area contributed by atoms with Gasteiger partial charge in [-0.2, -0.15) is 0 Å². The molecule has 4 heteroatoms. The number of carbonyl (C=O) groups is 1. The number of benzene rings is 2. The van der Waals surface area contributed by atoms with E-state index in [1.165, 1.54) is 5.56 Å². The molecular weight excluding hydrogens is 312 g/mol. The lowest BCUT2D eigenvalue weighted by molar-refractivity contribution is -0.344. The Labute approximate surface area is 148 Å². The van der Waals surface area contributed by atoms with E-state index in [0.29, 0.717) is 18.7 Å². The lowest BCUT2D eigenvalue weighted by atomic mass is 10.1. The van der Waals surface area contributed by atoms with Crippen molar-refractivity contribution in [2.24, 2.45) is 0 Å². The Balaban J connectivity index is 2.12. The van der Waals surface area contributed by atoms with Crippen molar-refractivity contribution in [3.8, 4) is 0 Å². The van der Waals surface area contributed by atoms with Crippen LogP contribution in [0.15, 0.2) is 54.7 Å². The molecular formula is C21H23N2O2+. The van der Waals surface area contributed by atoms with E-state index in [1.54, 1.807) is 6.20 Å². The molecule has 4 nitrogen and oxygen atoms in total. The number of fused-ring (bicyclic) bond motifs is 1. The van der Waals surface area contributed by atoms with Gasteiger partial charge in [-0.15, -0.1) is 0 Å². The molecule has 128 valence electrons. The fourth-order valence-electron chi connectivity index (χ4n) is 3.06. The van der Waals surface area contributed by atoms with Crippen LogP contribution in [0.25, 0.3) is 10.9 Å². The predicted octanol–water partition coefficient (Wildman–Crippen LogP) is 3.78. The number of nitrogens with zero attached hydrogens (tertiary/aromatic N) is 1. The third-order valence-electron chi connectivity index (χ3n) is 4.20. The molecule has 0 atom stereocenters. The number of ether oxygens (including phenoxy) is 1. The zero-order chi connectivity index (χ0) is 17.8. The Morgan fingerprint density at radius 2 is 1.92 bits per heavy atom. The molecule has 0 fully saturated rings. The number of aromatic nitrogens is 1. The smallest absolute Gasteiger partial charge is 0.346 e. The van der Waals surface area contributed by atoms with Gasteiger partial charge < -0.3 is 9.64 Å². The average Bonchev–Trinajstić information content (AvgIpc) is 2.61. The quantitative estimate of drug-likeness (QED) is 0.667. The Morgan fingerprint density at radius 1 is 1.16 bits per heavy atom. The van der Waals surface area contributed by atoms with Crippen molar-refractivity contribution in [3.05, 3.63) is 71.4 Å². The molecule has 0 saturated heterocycles. The maximum absolute atomic E-state index is 12.5. The SMILES string of the molecule is CCOC(=O)c1c[nH+]c2ccc(C)cc2c1N(C)Cc1ccccc1. The highest BCUT2D eigenvalue weighted by Crippen LogP contribution is 2.30. The Kier molecular flexibility index (Phi) is 4.98. The average molecular weight is 335 g/mol. The topological polar surface area (TPSA) is 43.7 Å². The molecule has 25 heavy (non-hydrogen) atoms. The molecule has 0 amide bonds. The zero-order valence-corrected chi connectivity index (χ0v) is 14.9. The summed E-state index contributed by atoms with van der Waals surface area (Å²) in [6.07, 6.45) is 1.74. The summed E-state index contributed by atoms with van der Waals surface area (Å²) in [6.45, 7) is 4.93. The van der Waals surface area contributed by atoms with E-state index in [1.807, 2.05) is 38.2 Å². The van der Waals surface area contributed by atoms with Crippen LogP contribution in [0.2, 0.25) is 0 Å². The van der Waals surface area contributed by atoms with Crippen LogP contribution in [0.5, 0.6) is 0 Å². The van der Waals surface area contributed by atoms with Crippen molar-refractivity contribution in [3.63, 3.8) is 0 Å². The largest absolute Gasteiger partial charge is 0.462 e. The molecule has 1 heterocycles. The lowest BCUT2D eigenvalue weighted by Crippen LogP contribution is -2.23. The molecule has 1 aromatic heterocycles. The Morgan fingerprint density at radius 3 is 2.64 bits per heavy atom. The first-order valence-corrected chi connectivity index (χ1v) is 8.47. The highest BCUT2D eigenvalue weighted by Gasteiger charge is 2.23. The molecule has 3 aromatic rings. The molecule has 0 radical (unpaired) electrons. The fraction of sp³-hybridized carbons (Fsp3) is 0.238. The maximum atomic E-state index is 12.5. The Bertz CT molecular complexity index is 891. The van der Waals surface area contributed by atoms with Gasteiger partial charge >= 0.3 is 5.97 Å².